The minimum absolute atomic E-state index is 0.384. The molecule has 0 radical (unpaired) electrons. The average Bonchev–Trinajstić information content (AvgIpc) is 2.25. The van der Waals surface area contributed by atoms with E-state index in [9.17, 15) is 0 Å². The minimum atomic E-state index is 0.384. The summed E-state index contributed by atoms with van der Waals surface area (Å²) in [5, 5.41) is 0. The van der Waals surface area contributed by atoms with E-state index in [1.165, 1.54) is 43.6 Å². The third-order valence-electron chi connectivity index (χ3n) is 2.94. The number of hydrogen-bond acceptors (Lipinski definition) is 3. The lowest BCUT2D eigenvalue weighted by atomic mass is 10.0. The standard InChI is InChI=1S/C11H20O2S/c1-2-8-14-9-5-11-10(12-6-1)4-3-7-13-11/h10-11H,1-9H2/t10-,11+/m0/s1. The molecule has 0 aromatic carbocycles. The van der Waals surface area contributed by atoms with Gasteiger partial charge in [-0.2, -0.15) is 11.8 Å². The van der Waals surface area contributed by atoms with Crippen LogP contribution < -0.4 is 0 Å². The number of thioether (sulfide) groups is 1. The van der Waals surface area contributed by atoms with Crippen LogP contribution in [0.4, 0.5) is 0 Å². The van der Waals surface area contributed by atoms with Gasteiger partial charge in [0.2, 0.25) is 0 Å². The molecule has 0 unspecified atom stereocenters. The fourth-order valence-electron chi connectivity index (χ4n) is 2.11. The van der Waals surface area contributed by atoms with Crippen LogP contribution in [0.1, 0.15) is 32.1 Å². The maximum absolute atomic E-state index is 5.89. The van der Waals surface area contributed by atoms with E-state index in [0.29, 0.717) is 12.2 Å². The Bertz CT molecular complexity index is 145. The predicted octanol–water partition coefficient (Wildman–Crippen LogP) is 2.47. The normalized spacial score (nSPS) is 36.0. The largest absolute Gasteiger partial charge is 0.376 e. The van der Waals surface area contributed by atoms with Crippen LogP contribution in [-0.4, -0.2) is 36.9 Å². The van der Waals surface area contributed by atoms with Gasteiger partial charge in [0.15, 0.2) is 0 Å². The van der Waals surface area contributed by atoms with Gasteiger partial charge < -0.3 is 9.47 Å². The third kappa shape index (κ3) is 3.14. The lowest BCUT2D eigenvalue weighted by molar-refractivity contribution is -0.106. The molecule has 0 aromatic rings. The lowest BCUT2D eigenvalue weighted by Crippen LogP contribution is -2.37. The first-order valence-electron chi connectivity index (χ1n) is 5.78. The Balaban J connectivity index is 1.84. The monoisotopic (exact) mass is 216 g/mol. The molecule has 0 aliphatic carbocycles. The summed E-state index contributed by atoms with van der Waals surface area (Å²) in [5.41, 5.74) is 0. The summed E-state index contributed by atoms with van der Waals surface area (Å²) in [7, 11) is 0. The summed E-state index contributed by atoms with van der Waals surface area (Å²) in [6, 6.07) is 0. The Morgan fingerprint density at radius 3 is 2.50 bits per heavy atom. The summed E-state index contributed by atoms with van der Waals surface area (Å²) in [6.07, 6.45) is 6.86. The molecule has 0 saturated carbocycles. The fourth-order valence-corrected chi connectivity index (χ4v) is 3.13. The van der Waals surface area contributed by atoms with Crippen LogP contribution in [0, 0.1) is 0 Å². The summed E-state index contributed by atoms with van der Waals surface area (Å²) in [5.74, 6) is 2.53. The van der Waals surface area contributed by atoms with Gasteiger partial charge in [0.25, 0.3) is 0 Å². The molecule has 2 atom stereocenters. The Morgan fingerprint density at radius 2 is 1.57 bits per heavy atom. The van der Waals surface area contributed by atoms with Gasteiger partial charge in [-0.15, -0.1) is 0 Å². The smallest absolute Gasteiger partial charge is 0.0844 e. The van der Waals surface area contributed by atoms with Crippen molar-refractivity contribution in [3.05, 3.63) is 0 Å². The summed E-state index contributed by atoms with van der Waals surface area (Å²) in [6.45, 7) is 1.88. The van der Waals surface area contributed by atoms with Crippen molar-refractivity contribution in [2.24, 2.45) is 0 Å². The second-order valence-corrected chi connectivity index (χ2v) is 5.29. The quantitative estimate of drug-likeness (QED) is 0.620. The molecule has 0 aromatic heterocycles. The molecule has 2 saturated heterocycles. The van der Waals surface area contributed by atoms with Crippen LogP contribution in [0.5, 0.6) is 0 Å². The van der Waals surface area contributed by atoms with Gasteiger partial charge in [0.05, 0.1) is 12.2 Å². The van der Waals surface area contributed by atoms with E-state index >= 15 is 0 Å². The second kappa shape index (κ2) is 5.99. The molecule has 2 aliphatic heterocycles. The first-order valence-corrected chi connectivity index (χ1v) is 6.93. The van der Waals surface area contributed by atoms with E-state index < -0.39 is 0 Å². The number of hydrogen-bond donors (Lipinski definition) is 0. The van der Waals surface area contributed by atoms with Gasteiger partial charge in [-0.25, -0.2) is 0 Å². The van der Waals surface area contributed by atoms with E-state index in [0.717, 1.165) is 13.2 Å². The highest BCUT2D eigenvalue weighted by Crippen LogP contribution is 2.23. The summed E-state index contributed by atoms with van der Waals surface area (Å²) >= 11 is 2.07. The fraction of sp³-hybridized carbons (Fsp3) is 1.00. The van der Waals surface area contributed by atoms with Crippen molar-refractivity contribution in [3.63, 3.8) is 0 Å². The Morgan fingerprint density at radius 1 is 0.786 bits per heavy atom. The third-order valence-corrected chi connectivity index (χ3v) is 4.04. The highest BCUT2D eigenvalue weighted by Gasteiger charge is 2.26. The summed E-state index contributed by atoms with van der Waals surface area (Å²) < 4.78 is 11.7. The zero-order chi connectivity index (χ0) is 9.64. The number of ether oxygens (including phenoxy) is 2. The molecule has 3 heteroatoms. The van der Waals surface area contributed by atoms with Gasteiger partial charge in [-0.1, -0.05) is 0 Å². The van der Waals surface area contributed by atoms with Crippen LogP contribution in [0.2, 0.25) is 0 Å². The SMILES string of the molecule is C1CCSCC[C@H]2OCCC[C@@H]2OC1. The molecule has 2 heterocycles. The van der Waals surface area contributed by atoms with E-state index in [-0.39, 0.29) is 0 Å². The van der Waals surface area contributed by atoms with Crippen molar-refractivity contribution in [3.8, 4) is 0 Å². The number of rotatable bonds is 0. The molecule has 0 N–H and O–H groups in total. The highest BCUT2D eigenvalue weighted by atomic mass is 32.2. The van der Waals surface area contributed by atoms with Crippen LogP contribution in [0.15, 0.2) is 0 Å². The first-order chi connectivity index (χ1) is 6.97. The van der Waals surface area contributed by atoms with Crippen molar-refractivity contribution in [2.75, 3.05) is 24.7 Å². The van der Waals surface area contributed by atoms with Crippen LogP contribution in [0.25, 0.3) is 0 Å². The summed E-state index contributed by atoms with van der Waals surface area (Å²) in [4.78, 5) is 0. The molecule has 2 nitrogen and oxygen atoms in total. The van der Waals surface area contributed by atoms with Gasteiger partial charge in [-0.05, 0) is 43.6 Å². The van der Waals surface area contributed by atoms with Crippen molar-refractivity contribution in [1.29, 1.82) is 0 Å². The van der Waals surface area contributed by atoms with Crippen LogP contribution >= 0.6 is 11.8 Å². The molecule has 2 rings (SSSR count). The Hall–Kier alpha value is 0.270. The Kier molecular flexibility index (Phi) is 4.61. The molecule has 2 fully saturated rings. The van der Waals surface area contributed by atoms with Gasteiger partial charge >= 0.3 is 0 Å². The molecule has 2 aliphatic rings. The zero-order valence-electron chi connectivity index (χ0n) is 8.74. The van der Waals surface area contributed by atoms with E-state index in [1.807, 2.05) is 0 Å². The lowest BCUT2D eigenvalue weighted by Gasteiger charge is -2.32. The van der Waals surface area contributed by atoms with Crippen LogP contribution in [-0.2, 0) is 9.47 Å². The van der Waals surface area contributed by atoms with Crippen molar-refractivity contribution < 1.29 is 9.47 Å². The maximum Gasteiger partial charge on any atom is 0.0844 e. The van der Waals surface area contributed by atoms with Gasteiger partial charge in [-0.3, -0.25) is 0 Å². The highest BCUT2D eigenvalue weighted by molar-refractivity contribution is 7.99. The molecule has 0 amide bonds. The molecule has 0 bridgehead atoms. The van der Waals surface area contributed by atoms with Gasteiger partial charge in [0, 0.05) is 13.2 Å². The molecular formula is C11H20O2S. The molecule has 82 valence electrons. The van der Waals surface area contributed by atoms with E-state index in [2.05, 4.69) is 11.8 Å². The average molecular weight is 216 g/mol. The van der Waals surface area contributed by atoms with E-state index in [4.69, 9.17) is 9.47 Å². The van der Waals surface area contributed by atoms with Crippen molar-refractivity contribution >= 4 is 11.8 Å². The first kappa shape index (κ1) is 10.8. The predicted molar refractivity (Wildman–Crippen MR) is 59.9 cm³/mol. The van der Waals surface area contributed by atoms with Crippen molar-refractivity contribution in [2.45, 2.75) is 44.3 Å². The minimum Gasteiger partial charge on any atom is -0.376 e. The number of fused-ring (bicyclic) bond motifs is 1. The molecular weight excluding hydrogens is 196 g/mol. The zero-order valence-corrected chi connectivity index (χ0v) is 9.56. The van der Waals surface area contributed by atoms with E-state index in [1.54, 1.807) is 0 Å². The maximum atomic E-state index is 5.89. The topological polar surface area (TPSA) is 18.5 Å². The van der Waals surface area contributed by atoms with Crippen molar-refractivity contribution in [1.82, 2.24) is 0 Å². The molecule has 14 heavy (non-hydrogen) atoms. The Labute approximate surface area is 90.7 Å². The molecule has 0 spiro atoms. The van der Waals surface area contributed by atoms with Gasteiger partial charge in [0.1, 0.15) is 0 Å². The second-order valence-electron chi connectivity index (χ2n) is 4.07. The van der Waals surface area contributed by atoms with Crippen LogP contribution in [0.3, 0.4) is 0 Å².